The van der Waals surface area contributed by atoms with Gasteiger partial charge in [-0.05, 0) is 69.8 Å². The number of rotatable bonds is 10. The molecule has 1 amide bonds. The Labute approximate surface area is 265 Å². The summed E-state index contributed by atoms with van der Waals surface area (Å²) >= 11 is 1.65. The average Bonchev–Trinajstić information content (AvgIpc) is 3.68. The first kappa shape index (κ1) is 31.0. The van der Waals surface area contributed by atoms with Crippen LogP contribution in [-0.2, 0) is 4.79 Å². The number of hydrogen-bond acceptors (Lipinski definition) is 10. The third kappa shape index (κ3) is 7.11. The van der Waals surface area contributed by atoms with E-state index in [0.717, 1.165) is 117 Å². The number of piperidine rings is 1. The van der Waals surface area contributed by atoms with Crippen LogP contribution < -0.4 is 19.9 Å². The molecule has 1 unspecified atom stereocenters. The van der Waals surface area contributed by atoms with E-state index in [9.17, 15) is 9.90 Å². The Morgan fingerprint density at radius 3 is 2.70 bits per heavy atom. The van der Waals surface area contributed by atoms with E-state index in [1.54, 1.807) is 18.4 Å². The van der Waals surface area contributed by atoms with Crippen molar-refractivity contribution < 1.29 is 14.6 Å². The number of pyridine rings is 1. The Morgan fingerprint density at radius 1 is 1.09 bits per heavy atom. The lowest BCUT2D eigenvalue weighted by molar-refractivity contribution is -0.122. The quantitative estimate of drug-likeness (QED) is 0.350. The smallest absolute Gasteiger partial charge is 0.222 e. The number of fused-ring (bicyclic) bond motifs is 1. The lowest BCUT2D eigenvalue weighted by Gasteiger charge is -2.31. The number of amides is 1. The summed E-state index contributed by atoms with van der Waals surface area (Å²) in [7, 11) is 1.74. The number of benzene rings is 1. The molecule has 0 radical (unpaired) electrons. The van der Waals surface area contributed by atoms with E-state index in [1.165, 1.54) is 12.8 Å². The van der Waals surface area contributed by atoms with Gasteiger partial charge in [0.15, 0.2) is 5.13 Å². The molecule has 6 rings (SSSR count). The third-order valence-electron chi connectivity index (χ3n) is 9.41. The number of anilines is 2. The number of aryl methyl sites for hydroxylation is 1. The van der Waals surface area contributed by atoms with Crippen LogP contribution in [0.5, 0.6) is 5.75 Å². The highest BCUT2D eigenvalue weighted by atomic mass is 32.1. The van der Waals surface area contributed by atoms with Crippen LogP contribution in [0.4, 0.5) is 10.8 Å². The topological polar surface area (TPSA) is 97.3 Å². The molecular weight excluding hydrogens is 574 g/mol. The van der Waals surface area contributed by atoms with Crippen molar-refractivity contribution in [2.45, 2.75) is 57.6 Å². The van der Waals surface area contributed by atoms with Gasteiger partial charge in [0.1, 0.15) is 11.4 Å². The molecule has 1 aromatic carbocycles. The molecular formula is C33H47N7O3S. The zero-order valence-corrected chi connectivity index (χ0v) is 27.0. The summed E-state index contributed by atoms with van der Waals surface area (Å²) < 4.78 is 5.94. The number of aliphatic hydroxyl groups is 1. The summed E-state index contributed by atoms with van der Waals surface area (Å²) in [6.45, 7) is 11.0. The first-order valence-electron chi connectivity index (χ1n) is 16.3. The minimum atomic E-state index is -0.220. The average molecular weight is 622 g/mol. The molecule has 3 fully saturated rings. The summed E-state index contributed by atoms with van der Waals surface area (Å²) in [5.41, 5.74) is 4.10. The molecule has 11 heteroatoms. The number of nitrogens with one attached hydrogen (secondary N) is 1. The van der Waals surface area contributed by atoms with Crippen LogP contribution in [0.1, 0.15) is 55.8 Å². The molecule has 0 saturated carbocycles. The SMILES string of the molecule is COc1c(C)cc2cccnc2c1N1CCCN(C(CC(=O)NCCN2CCCC2)c2csc(N3CCC(O)CC3)n2)CC1. The van der Waals surface area contributed by atoms with Crippen LogP contribution in [0.25, 0.3) is 10.9 Å². The predicted molar refractivity (Wildman–Crippen MR) is 177 cm³/mol. The molecule has 2 aromatic heterocycles. The highest BCUT2D eigenvalue weighted by molar-refractivity contribution is 7.13. The Balaban J connectivity index is 1.20. The predicted octanol–water partition coefficient (Wildman–Crippen LogP) is 3.82. The number of aromatic nitrogens is 2. The van der Waals surface area contributed by atoms with E-state index in [1.807, 2.05) is 12.3 Å². The van der Waals surface area contributed by atoms with E-state index < -0.39 is 0 Å². The van der Waals surface area contributed by atoms with Gasteiger partial charge in [0, 0.05) is 75.7 Å². The first-order valence-corrected chi connectivity index (χ1v) is 17.2. The molecule has 0 bridgehead atoms. The Kier molecular flexibility index (Phi) is 10.2. The maximum absolute atomic E-state index is 13.4. The van der Waals surface area contributed by atoms with Crippen molar-refractivity contribution in [2.24, 2.45) is 0 Å². The minimum absolute atomic E-state index is 0.0847. The van der Waals surface area contributed by atoms with Crippen molar-refractivity contribution in [1.29, 1.82) is 0 Å². The number of hydrogen-bond donors (Lipinski definition) is 2. The third-order valence-corrected chi connectivity index (χ3v) is 10.3. The van der Waals surface area contributed by atoms with Crippen molar-refractivity contribution in [3.8, 4) is 5.75 Å². The fraction of sp³-hybridized carbons (Fsp3) is 0.606. The number of thiazole rings is 1. The molecule has 3 aliphatic rings. The van der Waals surface area contributed by atoms with Gasteiger partial charge in [-0.2, -0.15) is 0 Å². The summed E-state index contributed by atoms with van der Waals surface area (Å²) in [5.74, 6) is 0.968. The van der Waals surface area contributed by atoms with Crippen LogP contribution in [0.2, 0.25) is 0 Å². The van der Waals surface area contributed by atoms with Crippen molar-refractivity contribution in [3.05, 3.63) is 41.0 Å². The summed E-state index contributed by atoms with van der Waals surface area (Å²) in [6.07, 6.45) is 7.03. The monoisotopic (exact) mass is 621 g/mol. The van der Waals surface area contributed by atoms with E-state index in [-0.39, 0.29) is 18.1 Å². The van der Waals surface area contributed by atoms with Gasteiger partial charge < -0.3 is 29.9 Å². The molecule has 44 heavy (non-hydrogen) atoms. The molecule has 3 saturated heterocycles. The van der Waals surface area contributed by atoms with Gasteiger partial charge in [0.05, 0.1) is 30.5 Å². The highest BCUT2D eigenvalue weighted by Crippen LogP contribution is 2.39. The van der Waals surface area contributed by atoms with Crippen molar-refractivity contribution in [2.75, 3.05) is 82.4 Å². The van der Waals surface area contributed by atoms with Gasteiger partial charge in [-0.15, -0.1) is 11.3 Å². The van der Waals surface area contributed by atoms with Gasteiger partial charge in [-0.25, -0.2) is 4.98 Å². The fourth-order valence-corrected chi connectivity index (χ4v) is 7.93. The number of carbonyl (C=O) groups excluding carboxylic acids is 1. The second-order valence-electron chi connectivity index (χ2n) is 12.4. The van der Waals surface area contributed by atoms with Crippen LogP contribution in [0, 0.1) is 6.92 Å². The van der Waals surface area contributed by atoms with Crippen molar-refractivity contribution in [1.82, 2.24) is 25.1 Å². The van der Waals surface area contributed by atoms with E-state index in [2.05, 4.69) is 49.4 Å². The minimum Gasteiger partial charge on any atom is -0.494 e. The molecule has 5 heterocycles. The van der Waals surface area contributed by atoms with Gasteiger partial charge in [-0.3, -0.25) is 14.7 Å². The zero-order chi connectivity index (χ0) is 30.5. The lowest BCUT2D eigenvalue weighted by atomic mass is 10.1. The number of nitrogens with zero attached hydrogens (tertiary/aromatic N) is 6. The van der Waals surface area contributed by atoms with Gasteiger partial charge in [-0.1, -0.05) is 6.07 Å². The lowest BCUT2D eigenvalue weighted by Crippen LogP contribution is -2.39. The zero-order valence-electron chi connectivity index (χ0n) is 26.2. The second-order valence-corrected chi connectivity index (χ2v) is 13.3. The molecule has 3 aromatic rings. The van der Waals surface area contributed by atoms with Crippen LogP contribution in [-0.4, -0.2) is 109 Å². The van der Waals surface area contributed by atoms with Gasteiger partial charge in [0.2, 0.25) is 5.91 Å². The second kappa shape index (κ2) is 14.4. The largest absolute Gasteiger partial charge is 0.494 e. The number of methoxy groups -OCH3 is 1. The molecule has 238 valence electrons. The Morgan fingerprint density at radius 2 is 1.91 bits per heavy atom. The Bertz CT molecular complexity index is 1400. The standard InChI is InChI=1S/C33H47N7O3S/c1-24-21-25-7-5-10-35-30(25)31(32(24)43-2)39-15-6-14-38(19-20-39)28(22-29(42)34-11-18-37-12-3-4-13-37)27-23-44-33(36-27)40-16-8-26(41)9-17-40/h5,7,10,21,23,26,28,41H,3-4,6,8-9,11-20,22H2,1-2H3,(H,34,42). The molecule has 3 aliphatic heterocycles. The normalized spacial score (nSPS) is 19.8. The van der Waals surface area contributed by atoms with Crippen LogP contribution in [0.15, 0.2) is 29.8 Å². The first-order chi connectivity index (χ1) is 21.5. The molecule has 1 atom stereocenters. The van der Waals surface area contributed by atoms with Crippen molar-refractivity contribution >= 4 is 39.0 Å². The van der Waals surface area contributed by atoms with Crippen LogP contribution in [0.3, 0.4) is 0 Å². The summed E-state index contributed by atoms with van der Waals surface area (Å²) in [4.78, 5) is 32.8. The van der Waals surface area contributed by atoms with E-state index >= 15 is 0 Å². The van der Waals surface area contributed by atoms with Crippen molar-refractivity contribution in [3.63, 3.8) is 0 Å². The molecule has 2 N–H and O–H groups in total. The molecule has 0 spiro atoms. The molecule has 10 nitrogen and oxygen atoms in total. The van der Waals surface area contributed by atoms with Gasteiger partial charge >= 0.3 is 0 Å². The number of aliphatic hydroxyl groups excluding tert-OH is 1. The van der Waals surface area contributed by atoms with Crippen LogP contribution >= 0.6 is 11.3 Å². The number of carbonyl (C=O) groups is 1. The maximum atomic E-state index is 13.4. The van der Waals surface area contributed by atoms with E-state index in [0.29, 0.717) is 13.0 Å². The van der Waals surface area contributed by atoms with Gasteiger partial charge in [0.25, 0.3) is 0 Å². The Hall–Kier alpha value is -2.99. The fourth-order valence-electron chi connectivity index (χ4n) is 7.01. The maximum Gasteiger partial charge on any atom is 0.222 e. The highest BCUT2D eigenvalue weighted by Gasteiger charge is 2.30. The number of likely N-dealkylation sites (tertiary alicyclic amines) is 1. The summed E-state index contributed by atoms with van der Waals surface area (Å²) in [5, 5.41) is 17.5. The number of ether oxygens (including phenoxy) is 1. The molecule has 0 aliphatic carbocycles. The summed E-state index contributed by atoms with van der Waals surface area (Å²) in [6, 6.07) is 6.15. The van der Waals surface area contributed by atoms with E-state index in [4.69, 9.17) is 14.7 Å².